The summed E-state index contributed by atoms with van der Waals surface area (Å²) in [6.45, 7) is 10.0. The van der Waals surface area contributed by atoms with E-state index in [-0.39, 0.29) is 0 Å². The van der Waals surface area contributed by atoms with Gasteiger partial charge in [-0.2, -0.15) is 0 Å². The minimum atomic E-state index is 0.667. The van der Waals surface area contributed by atoms with Crippen molar-refractivity contribution in [2.75, 3.05) is 0 Å². The van der Waals surface area contributed by atoms with Gasteiger partial charge >= 0.3 is 0 Å². The zero-order chi connectivity index (χ0) is 15.0. The molecule has 0 N–H and O–H groups in total. The molecule has 0 saturated heterocycles. The maximum atomic E-state index is 2.66. The van der Waals surface area contributed by atoms with Crippen molar-refractivity contribution in [3.63, 3.8) is 0 Å². The second kappa shape index (κ2) is 6.09. The standard InChI is InChI=1S/C21H36/c1-5-16-9-7-8-15(3)14-19-18(16)12-13-21(4)17(6-2)10-11-20(19)21/h15,17,19-20H,5-14H2,1-4H3/b18-16+. The Kier molecular flexibility index (Phi) is 4.53. The SMILES string of the molecule is CC/C1=C2/CCC3(C)C(CC)CCC3C2CC(C)CCC1. The molecule has 3 aliphatic carbocycles. The predicted octanol–water partition coefficient (Wildman–Crippen LogP) is 6.76. The highest BCUT2D eigenvalue weighted by molar-refractivity contribution is 5.24. The van der Waals surface area contributed by atoms with Crippen LogP contribution in [0.15, 0.2) is 11.1 Å². The first-order valence-electron chi connectivity index (χ1n) is 9.80. The largest absolute Gasteiger partial charge is 0.0710 e. The van der Waals surface area contributed by atoms with Gasteiger partial charge in [0.1, 0.15) is 0 Å². The third-order valence-electron chi connectivity index (χ3n) is 7.68. The van der Waals surface area contributed by atoms with E-state index < -0.39 is 0 Å². The van der Waals surface area contributed by atoms with E-state index in [4.69, 9.17) is 0 Å². The van der Waals surface area contributed by atoms with Gasteiger partial charge < -0.3 is 0 Å². The number of fused-ring (bicyclic) bond motifs is 3. The van der Waals surface area contributed by atoms with Gasteiger partial charge in [0.2, 0.25) is 0 Å². The van der Waals surface area contributed by atoms with Gasteiger partial charge in [-0.15, -0.1) is 0 Å². The molecule has 0 heterocycles. The van der Waals surface area contributed by atoms with E-state index >= 15 is 0 Å². The monoisotopic (exact) mass is 288 g/mol. The van der Waals surface area contributed by atoms with Gasteiger partial charge in [0.05, 0.1) is 0 Å². The molecule has 0 aromatic heterocycles. The number of allylic oxidation sites excluding steroid dienone is 2. The summed E-state index contributed by atoms with van der Waals surface area (Å²) in [5.41, 5.74) is 4.48. The molecule has 0 aliphatic heterocycles. The molecule has 5 atom stereocenters. The van der Waals surface area contributed by atoms with Gasteiger partial charge in [-0.1, -0.05) is 51.7 Å². The Labute approximate surface area is 132 Å². The molecule has 0 aromatic rings. The van der Waals surface area contributed by atoms with E-state index in [1.807, 2.05) is 11.1 Å². The van der Waals surface area contributed by atoms with Crippen LogP contribution in [0.4, 0.5) is 0 Å². The van der Waals surface area contributed by atoms with Crippen LogP contribution in [-0.4, -0.2) is 0 Å². The molecule has 3 aliphatic rings. The average molecular weight is 289 g/mol. The fourth-order valence-electron chi connectivity index (χ4n) is 6.42. The van der Waals surface area contributed by atoms with Crippen LogP contribution in [0.5, 0.6) is 0 Å². The molecule has 21 heavy (non-hydrogen) atoms. The molecule has 0 radical (unpaired) electrons. The first-order chi connectivity index (χ1) is 10.1. The van der Waals surface area contributed by atoms with Crippen molar-refractivity contribution >= 4 is 0 Å². The number of rotatable bonds is 2. The van der Waals surface area contributed by atoms with Gasteiger partial charge in [0.15, 0.2) is 0 Å². The Morgan fingerprint density at radius 3 is 2.62 bits per heavy atom. The van der Waals surface area contributed by atoms with Crippen LogP contribution in [0.3, 0.4) is 0 Å². The summed E-state index contributed by atoms with van der Waals surface area (Å²) < 4.78 is 0. The minimum absolute atomic E-state index is 0.667. The highest BCUT2D eigenvalue weighted by atomic mass is 14.6. The van der Waals surface area contributed by atoms with Crippen molar-refractivity contribution in [3.8, 4) is 0 Å². The lowest BCUT2D eigenvalue weighted by Crippen LogP contribution is -2.39. The maximum absolute atomic E-state index is 2.66. The van der Waals surface area contributed by atoms with Crippen LogP contribution in [0, 0.1) is 29.1 Å². The summed E-state index contributed by atoms with van der Waals surface area (Å²) in [7, 11) is 0. The Balaban J connectivity index is 1.95. The molecule has 0 nitrogen and oxygen atoms in total. The van der Waals surface area contributed by atoms with Crippen molar-refractivity contribution in [2.24, 2.45) is 29.1 Å². The predicted molar refractivity (Wildman–Crippen MR) is 92.3 cm³/mol. The zero-order valence-corrected chi connectivity index (χ0v) is 14.9. The smallest absolute Gasteiger partial charge is 0.0164 e. The Morgan fingerprint density at radius 2 is 1.90 bits per heavy atom. The van der Waals surface area contributed by atoms with E-state index in [2.05, 4.69) is 27.7 Å². The van der Waals surface area contributed by atoms with Crippen LogP contribution >= 0.6 is 0 Å². The molecule has 120 valence electrons. The van der Waals surface area contributed by atoms with E-state index in [1.165, 1.54) is 64.2 Å². The van der Waals surface area contributed by atoms with Crippen molar-refractivity contribution in [1.82, 2.24) is 0 Å². The quantitative estimate of drug-likeness (QED) is 0.493. The zero-order valence-electron chi connectivity index (χ0n) is 14.9. The second-order valence-corrected chi connectivity index (χ2v) is 8.62. The lowest BCUT2D eigenvalue weighted by atomic mass is 9.57. The summed E-state index contributed by atoms with van der Waals surface area (Å²) in [6, 6.07) is 0. The summed E-state index contributed by atoms with van der Waals surface area (Å²) in [4.78, 5) is 0. The van der Waals surface area contributed by atoms with Gasteiger partial charge in [-0.25, -0.2) is 0 Å². The third kappa shape index (κ3) is 2.62. The molecule has 0 spiro atoms. The topological polar surface area (TPSA) is 0 Å². The Morgan fingerprint density at radius 1 is 1.10 bits per heavy atom. The number of hydrogen-bond donors (Lipinski definition) is 0. The fourth-order valence-corrected chi connectivity index (χ4v) is 6.42. The molecule has 2 fully saturated rings. The maximum Gasteiger partial charge on any atom is -0.0164 e. The molecular weight excluding hydrogens is 252 g/mol. The van der Waals surface area contributed by atoms with Crippen LogP contribution in [0.2, 0.25) is 0 Å². The highest BCUT2D eigenvalue weighted by Crippen LogP contribution is 2.61. The second-order valence-electron chi connectivity index (χ2n) is 8.62. The summed E-state index contributed by atoms with van der Waals surface area (Å²) in [5.74, 6) is 3.92. The summed E-state index contributed by atoms with van der Waals surface area (Å²) >= 11 is 0. The van der Waals surface area contributed by atoms with Gasteiger partial charge in [0.25, 0.3) is 0 Å². The molecule has 0 heteroatoms. The van der Waals surface area contributed by atoms with Gasteiger partial charge in [0, 0.05) is 0 Å². The van der Waals surface area contributed by atoms with Crippen LogP contribution < -0.4 is 0 Å². The molecule has 0 aromatic carbocycles. The molecule has 0 bridgehead atoms. The fraction of sp³-hybridized carbons (Fsp3) is 0.905. The molecule has 0 amide bonds. The lowest BCUT2D eigenvalue weighted by Gasteiger charge is -2.48. The molecule has 2 saturated carbocycles. The van der Waals surface area contributed by atoms with E-state index in [9.17, 15) is 0 Å². The van der Waals surface area contributed by atoms with Gasteiger partial charge in [-0.05, 0) is 80.5 Å². The lowest BCUT2D eigenvalue weighted by molar-refractivity contribution is 0.0674. The van der Waals surface area contributed by atoms with Crippen LogP contribution in [-0.2, 0) is 0 Å². The number of hydrogen-bond acceptors (Lipinski definition) is 0. The van der Waals surface area contributed by atoms with Crippen LogP contribution in [0.25, 0.3) is 0 Å². The normalized spacial score (nSPS) is 47.4. The average Bonchev–Trinajstić information content (AvgIpc) is 2.79. The molecule has 5 unspecified atom stereocenters. The minimum Gasteiger partial charge on any atom is -0.0710 e. The van der Waals surface area contributed by atoms with E-state index in [1.54, 1.807) is 0 Å². The Bertz CT molecular complexity index is 404. The van der Waals surface area contributed by atoms with Crippen molar-refractivity contribution in [1.29, 1.82) is 0 Å². The summed E-state index contributed by atoms with van der Waals surface area (Å²) in [6.07, 6.45) is 14.5. The van der Waals surface area contributed by atoms with Crippen molar-refractivity contribution < 1.29 is 0 Å². The summed E-state index contributed by atoms with van der Waals surface area (Å²) in [5, 5.41) is 0. The molecular formula is C21H36. The van der Waals surface area contributed by atoms with E-state index in [0.717, 1.165) is 23.7 Å². The van der Waals surface area contributed by atoms with E-state index in [0.29, 0.717) is 5.41 Å². The van der Waals surface area contributed by atoms with Crippen molar-refractivity contribution in [3.05, 3.63) is 11.1 Å². The Hall–Kier alpha value is -0.260. The van der Waals surface area contributed by atoms with Gasteiger partial charge in [-0.3, -0.25) is 0 Å². The third-order valence-corrected chi connectivity index (χ3v) is 7.68. The first kappa shape index (κ1) is 15.6. The molecule has 3 rings (SSSR count). The highest BCUT2D eigenvalue weighted by Gasteiger charge is 2.52. The first-order valence-corrected chi connectivity index (χ1v) is 9.80. The van der Waals surface area contributed by atoms with Crippen molar-refractivity contribution in [2.45, 2.75) is 91.9 Å². The van der Waals surface area contributed by atoms with Crippen LogP contribution in [0.1, 0.15) is 91.9 Å².